The Morgan fingerprint density at radius 3 is 2.83 bits per heavy atom. The highest BCUT2D eigenvalue weighted by atomic mass is 19.1. The molecule has 0 heterocycles. The smallest absolute Gasteiger partial charge is 0.142 e. The molecule has 2 nitrogen and oxygen atoms in total. The SMILES string of the molecule is O=CC=Cc1cc(F)ccc1O. The van der Waals surface area contributed by atoms with Gasteiger partial charge in [0.1, 0.15) is 17.9 Å². The van der Waals surface area contributed by atoms with Crippen molar-refractivity contribution in [2.45, 2.75) is 0 Å². The maximum absolute atomic E-state index is 12.5. The number of phenols is 1. The maximum Gasteiger partial charge on any atom is 0.142 e. The van der Waals surface area contributed by atoms with Crippen LogP contribution in [-0.4, -0.2) is 11.4 Å². The summed E-state index contributed by atoms with van der Waals surface area (Å²) in [5.41, 5.74) is 0.294. The summed E-state index contributed by atoms with van der Waals surface area (Å²) in [6, 6.07) is 3.53. The van der Waals surface area contributed by atoms with Crippen molar-refractivity contribution in [3.8, 4) is 5.75 Å². The molecule has 1 rings (SSSR count). The quantitative estimate of drug-likeness (QED) is 0.536. The maximum atomic E-state index is 12.5. The van der Waals surface area contributed by atoms with Crippen molar-refractivity contribution in [3.63, 3.8) is 0 Å². The summed E-state index contributed by atoms with van der Waals surface area (Å²) in [5, 5.41) is 9.13. The van der Waals surface area contributed by atoms with Crippen molar-refractivity contribution in [1.29, 1.82) is 0 Å². The molecule has 1 N–H and O–H groups in total. The van der Waals surface area contributed by atoms with E-state index >= 15 is 0 Å². The minimum absolute atomic E-state index is 0.0468. The van der Waals surface area contributed by atoms with Crippen LogP contribution in [0.2, 0.25) is 0 Å². The molecule has 0 fully saturated rings. The zero-order valence-electron chi connectivity index (χ0n) is 6.20. The van der Waals surface area contributed by atoms with Gasteiger partial charge in [-0.15, -0.1) is 0 Å². The van der Waals surface area contributed by atoms with Gasteiger partial charge >= 0.3 is 0 Å². The Morgan fingerprint density at radius 2 is 2.17 bits per heavy atom. The number of carbonyl (C=O) groups excluding carboxylic acids is 1. The van der Waals surface area contributed by atoms with E-state index in [1.165, 1.54) is 18.2 Å². The van der Waals surface area contributed by atoms with Gasteiger partial charge in [0.25, 0.3) is 0 Å². The molecular formula is C9H7FO2. The summed E-state index contributed by atoms with van der Waals surface area (Å²) >= 11 is 0. The highest BCUT2D eigenvalue weighted by molar-refractivity contribution is 5.75. The molecule has 0 aliphatic heterocycles. The van der Waals surface area contributed by atoms with E-state index in [4.69, 9.17) is 5.11 Å². The van der Waals surface area contributed by atoms with Gasteiger partial charge in [-0.2, -0.15) is 0 Å². The van der Waals surface area contributed by atoms with Gasteiger partial charge in [-0.25, -0.2) is 4.39 Å². The summed E-state index contributed by atoms with van der Waals surface area (Å²) in [4.78, 5) is 9.91. The molecule has 0 aliphatic rings. The summed E-state index contributed by atoms with van der Waals surface area (Å²) < 4.78 is 12.5. The van der Waals surface area contributed by atoms with Crippen LogP contribution < -0.4 is 0 Å². The fraction of sp³-hybridized carbons (Fsp3) is 0. The van der Waals surface area contributed by atoms with Gasteiger partial charge in [0, 0.05) is 5.56 Å². The zero-order chi connectivity index (χ0) is 8.97. The van der Waals surface area contributed by atoms with E-state index in [0.717, 1.165) is 12.1 Å². The Morgan fingerprint density at radius 1 is 1.42 bits per heavy atom. The molecule has 0 unspecified atom stereocenters. The molecule has 0 aliphatic carbocycles. The van der Waals surface area contributed by atoms with Crippen LogP contribution in [0.3, 0.4) is 0 Å². The highest BCUT2D eigenvalue weighted by Crippen LogP contribution is 2.18. The van der Waals surface area contributed by atoms with Crippen LogP contribution in [0.5, 0.6) is 5.75 Å². The fourth-order valence-electron chi connectivity index (χ4n) is 0.802. The van der Waals surface area contributed by atoms with E-state index in [0.29, 0.717) is 11.8 Å². The average molecular weight is 166 g/mol. The van der Waals surface area contributed by atoms with Crippen LogP contribution >= 0.6 is 0 Å². The molecule has 0 amide bonds. The van der Waals surface area contributed by atoms with Gasteiger partial charge in [-0.05, 0) is 30.4 Å². The van der Waals surface area contributed by atoms with Crippen LogP contribution in [-0.2, 0) is 4.79 Å². The lowest BCUT2D eigenvalue weighted by Gasteiger charge is -1.96. The van der Waals surface area contributed by atoms with Crippen molar-refractivity contribution < 1.29 is 14.3 Å². The van der Waals surface area contributed by atoms with Crippen LogP contribution in [0.15, 0.2) is 24.3 Å². The largest absolute Gasteiger partial charge is 0.507 e. The minimum atomic E-state index is -0.446. The first-order chi connectivity index (χ1) is 5.74. The first kappa shape index (κ1) is 8.46. The van der Waals surface area contributed by atoms with Gasteiger partial charge in [0.2, 0.25) is 0 Å². The molecule has 1 aromatic rings. The Kier molecular flexibility index (Phi) is 2.58. The topological polar surface area (TPSA) is 37.3 Å². The van der Waals surface area contributed by atoms with E-state index in [-0.39, 0.29) is 5.75 Å². The fourth-order valence-corrected chi connectivity index (χ4v) is 0.802. The molecule has 0 atom stereocenters. The number of aldehydes is 1. The monoisotopic (exact) mass is 166 g/mol. The first-order valence-electron chi connectivity index (χ1n) is 3.34. The van der Waals surface area contributed by atoms with Crippen LogP contribution in [0, 0.1) is 5.82 Å². The summed E-state index contributed by atoms with van der Waals surface area (Å²) in [7, 11) is 0. The van der Waals surface area contributed by atoms with Gasteiger partial charge in [-0.1, -0.05) is 0 Å². The summed E-state index contributed by atoms with van der Waals surface area (Å²) in [5.74, 6) is -0.493. The lowest BCUT2D eigenvalue weighted by molar-refractivity contribution is -0.104. The predicted molar refractivity (Wildman–Crippen MR) is 43.2 cm³/mol. The second kappa shape index (κ2) is 3.67. The third-order valence-corrected chi connectivity index (χ3v) is 1.34. The number of allylic oxidation sites excluding steroid dienone is 1. The number of hydrogen-bond acceptors (Lipinski definition) is 2. The third kappa shape index (κ3) is 1.92. The molecule has 0 saturated carbocycles. The Balaban J connectivity index is 3.04. The lowest BCUT2D eigenvalue weighted by atomic mass is 10.2. The Hall–Kier alpha value is -1.64. The molecule has 0 saturated heterocycles. The van der Waals surface area contributed by atoms with E-state index < -0.39 is 5.82 Å². The molecule has 12 heavy (non-hydrogen) atoms. The normalized spacial score (nSPS) is 10.4. The molecule has 1 aromatic carbocycles. The summed E-state index contributed by atoms with van der Waals surface area (Å²) in [6.45, 7) is 0. The Bertz CT molecular complexity index is 318. The number of phenolic OH excluding ortho intramolecular Hbond substituents is 1. The second-order valence-corrected chi connectivity index (χ2v) is 2.20. The van der Waals surface area contributed by atoms with Crippen molar-refractivity contribution >= 4 is 12.4 Å². The lowest BCUT2D eigenvalue weighted by Crippen LogP contribution is -1.78. The van der Waals surface area contributed by atoms with E-state index in [1.54, 1.807) is 0 Å². The molecule has 0 spiro atoms. The van der Waals surface area contributed by atoms with Crippen LogP contribution in [0.25, 0.3) is 6.08 Å². The predicted octanol–water partition coefficient (Wildman–Crippen LogP) is 1.74. The van der Waals surface area contributed by atoms with Crippen LogP contribution in [0.1, 0.15) is 5.56 Å². The Labute approximate surface area is 69.0 Å². The van der Waals surface area contributed by atoms with E-state index in [2.05, 4.69) is 0 Å². The zero-order valence-corrected chi connectivity index (χ0v) is 6.20. The van der Waals surface area contributed by atoms with Gasteiger partial charge in [-0.3, -0.25) is 4.79 Å². The standard InChI is InChI=1S/C9H7FO2/c10-8-3-4-9(12)7(6-8)2-1-5-11/h1-6,12H. The molecule has 0 aromatic heterocycles. The number of aromatic hydroxyl groups is 1. The van der Waals surface area contributed by atoms with E-state index in [1.807, 2.05) is 0 Å². The third-order valence-electron chi connectivity index (χ3n) is 1.34. The van der Waals surface area contributed by atoms with Crippen molar-refractivity contribution in [2.24, 2.45) is 0 Å². The van der Waals surface area contributed by atoms with Gasteiger partial charge in [0.05, 0.1) is 0 Å². The number of halogens is 1. The number of hydrogen-bond donors (Lipinski definition) is 1. The number of benzene rings is 1. The first-order valence-corrected chi connectivity index (χ1v) is 3.34. The second-order valence-electron chi connectivity index (χ2n) is 2.20. The number of rotatable bonds is 2. The highest BCUT2D eigenvalue weighted by Gasteiger charge is 1.97. The molecule has 62 valence electrons. The van der Waals surface area contributed by atoms with Crippen LogP contribution in [0.4, 0.5) is 4.39 Å². The van der Waals surface area contributed by atoms with Gasteiger partial charge < -0.3 is 5.11 Å². The summed E-state index contributed by atoms with van der Waals surface area (Å²) in [6.07, 6.45) is 3.09. The van der Waals surface area contributed by atoms with Crippen molar-refractivity contribution in [3.05, 3.63) is 35.7 Å². The van der Waals surface area contributed by atoms with Gasteiger partial charge in [0.15, 0.2) is 0 Å². The molecular weight excluding hydrogens is 159 g/mol. The minimum Gasteiger partial charge on any atom is -0.507 e. The average Bonchev–Trinajstić information content (AvgIpc) is 2.07. The molecule has 0 bridgehead atoms. The van der Waals surface area contributed by atoms with Crippen molar-refractivity contribution in [2.75, 3.05) is 0 Å². The molecule has 3 heteroatoms. The van der Waals surface area contributed by atoms with Crippen molar-refractivity contribution in [1.82, 2.24) is 0 Å². The van der Waals surface area contributed by atoms with E-state index in [9.17, 15) is 9.18 Å². The molecule has 0 radical (unpaired) electrons. The number of carbonyl (C=O) groups is 1.